The quantitative estimate of drug-likeness (QED) is 0.709. The van der Waals surface area contributed by atoms with Gasteiger partial charge in [0.25, 0.3) is 0 Å². The molecule has 2 aliphatic rings. The molecule has 17 heavy (non-hydrogen) atoms. The molecule has 1 saturated heterocycles. The number of rotatable bonds is 1. The maximum absolute atomic E-state index is 12.2. The van der Waals surface area contributed by atoms with E-state index in [0.29, 0.717) is 6.61 Å². The van der Waals surface area contributed by atoms with E-state index in [4.69, 9.17) is 9.47 Å². The van der Waals surface area contributed by atoms with Gasteiger partial charge >= 0.3 is 5.97 Å². The minimum Gasteiger partial charge on any atom is -0.459 e. The first-order chi connectivity index (χ1) is 7.93. The second-order valence-electron chi connectivity index (χ2n) is 6.04. The molecule has 0 aromatic heterocycles. The normalized spacial score (nSPS) is 28.3. The van der Waals surface area contributed by atoms with Gasteiger partial charge < -0.3 is 9.47 Å². The highest BCUT2D eigenvalue weighted by Crippen LogP contribution is 2.38. The number of morpholine rings is 1. The summed E-state index contributed by atoms with van der Waals surface area (Å²) in [5.41, 5.74) is -0.739. The molecule has 2 rings (SSSR count). The molecule has 98 valence electrons. The van der Waals surface area contributed by atoms with Crippen molar-refractivity contribution in [3.05, 3.63) is 0 Å². The third kappa shape index (κ3) is 2.80. The van der Waals surface area contributed by atoms with E-state index in [9.17, 15) is 4.79 Å². The highest BCUT2D eigenvalue weighted by molar-refractivity contribution is 5.78. The summed E-state index contributed by atoms with van der Waals surface area (Å²) in [5, 5.41) is 3.27. The number of hydrogen-bond donors (Lipinski definition) is 1. The van der Waals surface area contributed by atoms with Crippen molar-refractivity contribution in [2.45, 2.75) is 63.7 Å². The van der Waals surface area contributed by atoms with E-state index in [1.54, 1.807) is 0 Å². The Labute approximate surface area is 103 Å². The monoisotopic (exact) mass is 241 g/mol. The molecule has 1 heterocycles. The SMILES string of the molecule is CC(C)(C)OC(=O)C1NCCOC12CCCC2. The smallest absolute Gasteiger partial charge is 0.326 e. The van der Waals surface area contributed by atoms with Crippen LogP contribution >= 0.6 is 0 Å². The molecule has 1 unspecified atom stereocenters. The minimum atomic E-state index is -0.435. The first kappa shape index (κ1) is 12.8. The van der Waals surface area contributed by atoms with Crippen LogP contribution in [0.4, 0.5) is 0 Å². The van der Waals surface area contributed by atoms with Crippen molar-refractivity contribution < 1.29 is 14.3 Å². The van der Waals surface area contributed by atoms with Crippen molar-refractivity contribution >= 4 is 5.97 Å². The van der Waals surface area contributed by atoms with E-state index in [1.165, 1.54) is 0 Å². The van der Waals surface area contributed by atoms with E-state index in [2.05, 4.69) is 5.32 Å². The molecule has 0 aromatic carbocycles. The highest BCUT2D eigenvalue weighted by Gasteiger charge is 2.49. The van der Waals surface area contributed by atoms with E-state index in [1.807, 2.05) is 20.8 Å². The molecular weight excluding hydrogens is 218 g/mol. The summed E-state index contributed by atoms with van der Waals surface area (Å²) in [6.07, 6.45) is 4.20. The fourth-order valence-corrected chi connectivity index (χ4v) is 2.79. The van der Waals surface area contributed by atoms with Gasteiger partial charge in [0.05, 0.1) is 12.2 Å². The Morgan fingerprint density at radius 3 is 2.59 bits per heavy atom. The van der Waals surface area contributed by atoms with Crippen LogP contribution in [0.15, 0.2) is 0 Å². The van der Waals surface area contributed by atoms with Gasteiger partial charge in [0, 0.05) is 6.54 Å². The van der Waals surface area contributed by atoms with Gasteiger partial charge in [-0.2, -0.15) is 0 Å². The zero-order valence-electron chi connectivity index (χ0n) is 11.0. The molecule has 0 amide bonds. The fraction of sp³-hybridized carbons (Fsp3) is 0.923. The van der Waals surface area contributed by atoms with Crippen LogP contribution in [0.3, 0.4) is 0 Å². The van der Waals surface area contributed by atoms with Crippen LogP contribution in [-0.4, -0.2) is 36.4 Å². The van der Waals surface area contributed by atoms with Gasteiger partial charge in [-0.25, -0.2) is 0 Å². The van der Waals surface area contributed by atoms with Crippen LogP contribution in [0, 0.1) is 0 Å². The molecule has 2 fully saturated rings. The molecule has 4 heteroatoms. The lowest BCUT2D eigenvalue weighted by Crippen LogP contribution is -2.61. The number of carbonyl (C=O) groups excluding carboxylic acids is 1. The Morgan fingerprint density at radius 2 is 2.00 bits per heavy atom. The molecular formula is C13H23NO3. The van der Waals surface area contributed by atoms with Gasteiger partial charge in [0.1, 0.15) is 11.6 Å². The molecule has 1 spiro atoms. The van der Waals surface area contributed by atoms with Crippen LogP contribution < -0.4 is 5.32 Å². The third-order valence-corrected chi connectivity index (χ3v) is 3.46. The Balaban J connectivity index is 2.08. The molecule has 1 atom stereocenters. The zero-order chi connectivity index (χ0) is 12.5. The second kappa shape index (κ2) is 4.58. The van der Waals surface area contributed by atoms with Crippen molar-refractivity contribution in [2.75, 3.05) is 13.2 Å². The molecule has 1 aliphatic carbocycles. The molecule has 1 saturated carbocycles. The average molecular weight is 241 g/mol. The lowest BCUT2D eigenvalue weighted by molar-refractivity contribution is -0.173. The Hall–Kier alpha value is -0.610. The average Bonchev–Trinajstić information content (AvgIpc) is 2.65. The van der Waals surface area contributed by atoms with Crippen molar-refractivity contribution in [3.8, 4) is 0 Å². The third-order valence-electron chi connectivity index (χ3n) is 3.46. The first-order valence-electron chi connectivity index (χ1n) is 6.53. The first-order valence-corrected chi connectivity index (χ1v) is 6.53. The molecule has 0 bridgehead atoms. The van der Waals surface area contributed by atoms with Crippen molar-refractivity contribution in [1.29, 1.82) is 0 Å². The van der Waals surface area contributed by atoms with Crippen LogP contribution in [-0.2, 0) is 14.3 Å². The molecule has 0 radical (unpaired) electrons. The fourth-order valence-electron chi connectivity index (χ4n) is 2.79. The number of ether oxygens (including phenoxy) is 2. The highest BCUT2D eigenvalue weighted by atomic mass is 16.6. The summed E-state index contributed by atoms with van der Waals surface area (Å²) < 4.78 is 11.4. The number of carbonyl (C=O) groups is 1. The molecule has 4 nitrogen and oxygen atoms in total. The molecule has 0 aromatic rings. The second-order valence-corrected chi connectivity index (χ2v) is 6.04. The summed E-state index contributed by atoms with van der Waals surface area (Å²) in [7, 11) is 0. The van der Waals surface area contributed by atoms with Crippen LogP contribution in [0.1, 0.15) is 46.5 Å². The van der Waals surface area contributed by atoms with Crippen LogP contribution in [0.2, 0.25) is 0 Å². The number of esters is 1. The van der Waals surface area contributed by atoms with Gasteiger partial charge in [0.2, 0.25) is 0 Å². The summed E-state index contributed by atoms with van der Waals surface area (Å²) in [6.45, 7) is 7.12. The van der Waals surface area contributed by atoms with Gasteiger partial charge in [-0.1, -0.05) is 12.8 Å². The predicted molar refractivity (Wildman–Crippen MR) is 64.8 cm³/mol. The summed E-state index contributed by atoms with van der Waals surface area (Å²) in [5.74, 6) is -0.167. The zero-order valence-corrected chi connectivity index (χ0v) is 11.0. The topological polar surface area (TPSA) is 47.6 Å². The Kier molecular flexibility index (Phi) is 3.46. The molecule has 1 N–H and O–H groups in total. The van der Waals surface area contributed by atoms with E-state index in [-0.39, 0.29) is 17.6 Å². The predicted octanol–water partition coefficient (Wildman–Crippen LogP) is 1.63. The summed E-state index contributed by atoms with van der Waals surface area (Å²) in [6, 6.07) is -0.294. The van der Waals surface area contributed by atoms with E-state index >= 15 is 0 Å². The Bertz CT molecular complexity index is 290. The summed E-state index contributed by atoms with van der Waals surface area (Å²) in [4.78, 5) is 12.2. The Morgan fingerprint density at radius 1 is 1.35 bits per heavy atom. The van der Waals surface area contributed by atoms with Gasteiger partial charge in [-0.15, -0.1) is 0 Å². The van der Waals surface area contributed by atoms with Crippen molar-refractivity contribution in [1.82, 2.24) is 5.32 Å². The maximum Gasteiger partial charge on any atom is 0.326 e. The lowest BCUT2D eigenvalue weighted by Gasteiger charge is -2.41. The summed E-state index contributed by atoms with van der Waals surface area (Å²) >= 11 is 0. The number of nitrogens with one attached hydrogen (secondary N) is 1. The lowest BCUT2D eigenvalue weighted by atomic mass is 9.90. The van der Waals surface area contributed by atoms with Crippen LogP contribution in [0.5, 0.6) is 0 Å². The van der Waals surface area contributed by atoms with E-state index < -0.39 is 5.60 Å². The van der Waals surface area contributed by atoms with Gasteiger partial charge in [-0.05, 0) is 33.6 Å². The number of hydrogen-bond acceptors (Lipinski definition) is 4. The van der Waals surface area contributed by atoms with Gasteiger partial charge in [0.15, 0.2) is 0 Å². The van der Waals surface area contributed by atoms with E-state index in [0.717, 1.165) is 32.2 Å². The van der Waals surface area contributed by atoms with Crippen molar-refractivity contribution in [2.24, 2.45) is 0 Å². The maximum atomic E-state index is 12.2. The molecule has 1 aliphatic heterocycles. The minimum absolute atomic E-state index is 0.167. The standard InChI is InChI=1S/C13H23NO3/c1-12(2,3)17-11(15)10-13(6-4-5-7-13)16-9-8-14-10/h10,14H,4-9H2,1-3H3. The largest absolute Gasteiger partial charge is 0.459 e. The van der Waals surface area contributed by atoms with Crippen LogP contribution in [0.25, 0.3) is 0 Å². The van der Waals surface area contributed by atoms with Crippen molar-refractivity contribution in [3.63, 3.8) is 0 Å². The van der Waals surface area contributed by atoms with Gasteiger partial charge in [-0.3, -0.25) is 10.1 Å².